The first-order valence-electron chi connectivity index (χ1n) is 10.1. The molecule has 0 bridgehead atoms. The Morgan fingerprint density at radius 3 is 2.73 bits per heavy atom. The summed E-state index contributed by atoms with van der Waals surface area (Å²) in [5.41, 5.74) is -0.248. The molecule has 1 unspecified atom stereocenters. The quantitative estimate of drug-likeness (QED) is 0.623. The van der Waals surface area contributed by atoms with Crippen molar-refractivity contribution >= 4 is 10.9 Å². The predicted molar refractivity (Wildman–Crippen MR) is 103 cm³/mol. The normalized spacial score (nSPS) is 20.3. The number of likely N-dealkylation sites (tertiary alicyclic amines) is 1. The van der Waals surface area contributed by atoms with E-state index in [-0.39, 0.29) is 11.2 Å². The summed E-state index contributed by atoms with van der Waals surface area (Å²) in [6.45, 7) is -0.291. The van der Waals surface area contributed by atoms with E-state index in [0.29, 0.717) is 36.8 Å². The first-order chi connectivity index (χ1) is 14.4. The van der Waals surface area contributed by atoms with Crippen LogP contribution >= 0.6 is 0 Å². The van der Waals surface area contributed by atoms with Crippen LogP contribution in [0.15, 0.2) is 39.7 Å². The Morgan fingerprint density at radius 2 is 1.97 bits per heavy atom. The zero-order valence-electron chi connectivity index (χ0n) is 16.2. The molecule has 1 atom stereocenters. The van der Waals surface area contributed by atoms with Gasteiger partial charge in [-0.05, 0) is 44.4 Å². The van der Waals surface area contributed by atoms with E-state index < -0.39 is 24.3 Å². The van der Waals surface area contributed by atoms with Crippen molar-refractivity contribution in [2.24, 2.45) is 0 Å². The summed E-state index contributed by atoms with van der Waals surface area (Å²) < 4.78 is 46.5. The van der Waals surface area contributed by atoms with Gasteiger partial charge in [0.25, 0.3) is 5.56 Å². The number of rotatable bonds is 5. The van der Waals surface area contributed by atoms with Crippen LogP contribution in [0.3, 0.4) is 0 Å². The lowest BCUT2D eigenvalue weighted by molar-refractivity contribution is -0.142. The summed E-state index contributed by atoms with van der Waals surface area (Å²) >= 11 is 0. The zero-order valence-corrected chi connectivity index (χ0v) is 16.2. The molecule has 3 heterocycles. The van der Waals surface area contributed by atoms with Gasteiger partial charge in [-0.15, -0.1) is 0 Å². The molecule has 2 aliphatic rings. The van der Waals surface area contributed by atoms with Gasteiger partial charge in [-0.1, -0.05) is 12.1 Å². The molecule has 0 radical (unpaired) electrons. The van der Waals surface area contributed by atoms with Crippen LogP contribution in [-0.4, -0.2) is 32.2 Å². The number of oxazole rings is 1. The second kappa shape index (κ2) is 7.23. The Hall–Kier alpha value is -2.68. The summed E-state index contributed by atoms with van der Waals surface area (Å²) in [7, 11) is 0. The SMILES string of the molecule is O=c1c2ccccc2nc(C2CCCN2Cc2ncc(C3CC3)o2)n1CC(F)(F)F. The number of halogens is 3. The molecular formula is C21H21F3N4O2. The lowest BCUT2D eigenvalue weighted by atomic mass is 10.1. The first-order valence-corrected chi connectivity index (χ1v) is 10.1. The van der Waals surface area contributed by atoms with Crippen molar-refractivity contribution in [2.45, 2.75) is 56.9 Å². The topological polar surface area (TPSA) is 64.2 Å². The van der Waals surface area contributed by atoms with Crippen molar-refractivity contribution in [1.82, 2.24) is 19.4 Å². The Kier molecular flexibility index (Phi) is 4.65. The average Bonchev–Trinajstić information content (AvgIpc) is 3.28. The van der Waals surface area contributed by atoms with Gasteiger partial charge in [-0.2, -0.15) is 13.2 Å². The summed E-state index contributed by atoms with van der Waals surface area (Å²) in [5, 5.41) is 0.192. The van der Waals surface area contributed by atoms with Crippen molar-refractivity contribution in [3.63, 3.8) is 0 Å². The number of benzene rings is 1. The van der Waals surface area contributed by atoms with Crippen LogP contribution in [-0.2, 0) is 13.1 Å². The molecule has 9 heteroatoms. The lowest BCUT2D eigenvalue weighted by Crippen LogP contribution is -2.35. The largest absolute Gasteiger partial charge is 0.444 e. The van der Waals surface area contributed by atoms with Crippen molar-refractivity contribution in [3.8, 4) is 0 Å². The molecule has 1 aliphatic carbocycles. The number of alkyl halides is 3. The third-order valence-electron chi connectivity index (χ3n) is 5.78. The smallest absolute Gasteiger partial charge is 0.406 e. The molecule has 1 aromatic carbocycles. The number of para-hydroxylation sites is 1. The Balaban J connectivity index is 1.52. The van der Waals surface area contributed by atoms with Gasteiger partial charge in [0.1, 0.15) is 18.1 Å². The van der Waals surface area contributed by atoms with Crippen LogP contribution in [0, 0.1) is 0 Å². The molecular weight excluding hydrogens is 397 g/mol. The van der Waals surface area contributed by atoms with Gasteiger partial charge in [0, 0.05) is 5.92 Å². The van der Waals surface area contributed by atoms with Crippen LogP contribution in [0.25, 0.3) is 10.9 Å². The van der Waals surface area contributed by atoms with E-state index in [0.717, 1.165) is 29.6 Å². The highest BCUT2D eigenvalue weighted by atomic mass is 19.4. The van der Waals surface area contributed by atoms with Gasteiger partial charge < -0.3 is 4.42 Å². The predicted octanol–water partition coefficient (Wildman–Crippen LogP) is 4.16. The summed E-state index contributed by atoms with van der Waals surface area (Å²) in [5.74, 6) is 2.02. The minimum absolute atomic E-state index is 0.155. The molecule has 1 saturated carbocycles. The van der Waals surface area contributed by atoms with Crippen molar-refractivity contribution < 1.29 is 17.6 Å². The molecule has 1 aliphatic heterocycles. The number of nitrogens with zero attached hydrogens (tertiary/aromatic N) is 4. The Bertz CT molecular complexity index is 1130. The Morgan fingerprint density at radius 1 is 1.17 bits per heavy atom. The number of fused-ring (bicyclic) bond motifs is 1. The van der Waals surface area contributed by atoms with Gasteiger partial charge in [0.2, 0.25) is 5.89 Å². The van der Waals surface area contributed by atoms with Gasteiger partial charge in [-0.25, -0.2) is 9.97 Å². The van der Waals surface area contributed by atoms with E-state index in [2.05, 4.69) is 9.97 Å². The fraction of sp³-hybridized carbons (Fsp3) is 0.476. The van der Waals surface area contributed by atoms with Gasteiger partial charge in [0.05, 0.1) is 29.7 Å². The van der Waals surface area contributed by atoms with Gasteiger partial charge in [0.15, 0.2) is 0 Å². The third kappa shape index (κ3) is 3.74. The summed E-state index contributed by atoms with van der Waals surface area (Å²) in [6, 6.07) is 6.13. The molecule has 158 valence electrons. The molecule has 0 amide bonds. The van der Waals surface area contributed by atoms with Gasteiger partial charge >= 0.3 is 6.18 Å². The van der Waals surface area contributed by atoms with Crippen LogP contribution in [0.5, 0.6) is 0 Å². The van der Waals surface area contributed by atoms with Crippen LogP contribution < -0.4 is 5.56 Å². The van der Waals surface area contributed by atoms with Crippen LogP contribution in [0.4, 0.5) is 13.2 Å². The van der Waals surface area contributed by atoms with Crippen molar-refractivity contribution in [2.75, 3.05) is 6.54 Å². The maximum Gasteiger partial charge on any atom is 0.406 e. The monoisotopic (exact) mass is 418 g/mol. The second-order valence-electron chi connectivity index (χ2n) is 8.05. The Labute approximate surface area is 170 Å². The van der Waals surface area contributed by atoms with E-state index >= 15 is 0 Å². The molecule has 5 rings (SSSR count). The van der Waals surface area contributed by atoms with Crippen molar-refractivity contribution in [3.05, 3.63) is 58.3 Å². The molecule has 0 spiro atoms. The van der Waals surface area contributed by atoms with E-state index in [9.17, 15) is 18.0 Å². The lowest BCUT2D eigenvalue weighted by Gasteiger charge is -2.26. The van der Waals surface area contributed by atoms with Crippen LogP contribution in [0.1, 0.15) is 55.1 Å². The highest BCUT2D eigenvalue weighted by molar-refractivity contribution is 5.77. The molecule has 3 aromatic rings. The molecule has 30 heavy (non-hydrogen) atoms. The fourth-order valence-electron chi connectivity index (χ4n) is 4.21. The standard InChI is InChI=1S/C21H21F3N4O2/c22-21(23,24)12-28-19(26-15-5-2-1-4-14(15)20(28)29)16-6-3-9-27(16)11-18-25-10-17(30-18)13-7-8-13/h1-2,4-5,10,13,16H,3,6-9,11-12H2. The number of hydrogen-bond acceptors (Lipinski definition) is 5. The summed E-state index contributed by atoms with van der Waals surface area (Å²) in [6.07, 6.45) is 0.853. The number of aromatic nitrogens is 3. The maximum absolute atomic E-state index is 13.3. The highest BCUT2D eigenvalue weighted by Gasteiger charge is 2.36. The summed E-state index contributed by atoms with van der Waals surface area (Å²) in [4.78, 5) is 23.8. The molecule has 2 fully saturated rings. The zero-order chi connectivity index (χ0) is 20.9. The van der Waals surface area contributed by atoms with E-state index in [1.807, 2.05) is 4.90 Å². The minimum Gasteiger partial charge on any atom is -0.444 e. The minimum atomic E-state index is -4.52. The fourth-order valence-corrected chi connectivity index (χ4v) is 4.21. The molecule has 1 saturated heterocycles. The average molecular weight is 418 g/mol. The van der Waals surface area contributed by atoms with E-state index in [4.69, 9.17) is 4.42 Å². The van der Waals surface area contributed by atoms with Gasteiger partial charge in [-0.3, -0.25) is 14.3 Å². The van der Waals surface area contributed by atoms with E-state index in [1.165, 1.54) is 6.07 Å². The molecule has 0 N–H and O–H groups in total. The first kappa shape index (κ1) is 19.3. The van der Waals surface area contributed by atoms with Crippen molar-refractivity contribution in [1.29, 1.82) is 0 Å². The maximum atomic E-state index is 13.3. The molecule has 6 nitrogen and oxygen atoms in total. The van der Waals surface area contributed by atoms with Crippen LogP contribution in [0.2, 0.25) is 0 Å². The highest BCUT2D eigenvalue weighted by Crippen LogP contribution is 2.40. The second-order valence-corrected chi connectivity index (χ2v) is 8.05. The molecule has 2 aromatic heterocycles. The van der Waals surface area contributed by atoms with E-state index in [1.54, 1.807) is 24.4 Å². The third-order valence-corrected chi connectivity index (χ3v) is 5.78. The number of hydrogen-bond donors (Lipinski definition) is 0.